The van der Waals surface area contributed by atoms with E-state index in [-0.39, 0.29) is 11.5 Å². The van der Waals surface area contributed by atoms with Crippen molar-refractivity contribution < 1.29 is 15.3 Å². The Morgan fingerprint density at radius 3 is 2.18 bits per heavy atom. The highest BCUT2D eigenvalue weighted by Crippen LogP contribution is 2.37. The molecule has 0 fully saturated rings. The summed E-state index contributed by atoms with van der Waals surface area (Å²) in [6, 6.07) is 10.6. The third-order valence-corrected chi connectivity index (χ3v) is 3.79. The van der Waals surface area contributed by atoms with Crippen molar-refractivity contribution in [1.29, 1.82) is 0 Å². The molecule has 0 radical (unpaired) electrons. The van der Waals surface area contributed by atoms with Gasteiger partial charge in [-0.05, 0) is 41.8 Å². The molecule has 3 heteroatoms. The minimum absolute atomic E-state index is 0.117. The molecule has 4 bridgehead atoms. The van der Waals surface area contributed by atoms with Gasteiger partial charge in [-0.25, -0.2) is 0 Å². The summed E-state index contributed by atoms with van der Waals surface area (Å²) in [5, 5.41) is 30.3. The smallest absolute Gasteiger partial charge is 0.123 e. The predicted molar refractivity (Wildman–Crippen MR) is 86.9 cm³/mol. The third kappa shape index (κ3) is 3.05. The lowest BCUT2D eigenvalue weighted by atomic mass is 9.96. The number of aliphatic hydroxyl groups excluding tert-OH is 1. The van der Waals surface area contributed by atoms with Gasteiger partial charge < -0.3 is 15.3 Å². The zero-order valence-corrected chi connectivity index (χ0v) is 12.1. The van der Waals surface area contributed by atoms with Crippen LogP contribution in [0.1, 0.15) is 11.1 Å². The van der Waals surface area contributed by atoms with E-state index in [1.54, 1.807) is 24.3 Å². The second kappa shape index (κ2) is 6.08. The largest absolute Gasteiger partial charge is 0.507 e. The number of phenolic OH excluding ortho intramolecular Hbond substituents is 2. The first-order chi connectivity index (χ1) is 10.6. The van der Waals surface area contributed by atoms with Gasteiger partial charge in [0, 0.05) is 17.5 Å². The van der Waals surface area contributed by atoms with Crippen LogP contribution in [0, 0.1) is 0 Å². The number of phenols is 2. The van der Waals surface area contributed by atoms with Gasteiger partial charge in [0.05, 0.1) is 6.10 Å². The maximum atomic E-state index is 10.1. The fraction of sp³-hybridized carbons (Fsp3) is 0.158. The maximum absolute atomic E-state index is 10.1. The van der Waals surface area contributed by atoms with Crippen molar-refractivity contribution >= 4 is 0 Å². The molecule has 0 amide bonds. The molecule has 0 heterocycles. The minimum atomic E-state index is -0.584. The summed E-state index contributed by atoms with van der Waals surface area (Å²) in [7, 11) is 0. The van der Waals surface area contributed by atoms with Gasteiger partial charge in [0.2, 0.25) is 0 Å². The van der Waals surface area contributed by atoms with Crippen LogP contribution in [-0.2, 0) is 12.8 Å². The molecule has 1 aliphatic carbocycles. The Morgan fingerprint density at radius 1 is 0.818 bits per heavy atom. The van der Waals surface area contributed by atoms with E-state index in [0.29, 0.717) is 24.0 Å². The van der Waals surface area contributed by atoms with Gasteiger partial charge in [-0.15, -0.1) is 0 Å². The Bertz CT molecular complexity index is 744. The lowest BCUT2D eigenvalue weighted by molar-refractivity contribution is 0.224. The molecule has 1 atom stereocenters. The molecule has 112 valence electrons. The van der Waals surface area contributed by atoms with Gasteiger partial charge in [-0.1, -0.05) is 36.4 Å². The molecule has 2 aromatic rings. The van der Waals surface area contributed by atoms with Crippen LogP contribution in [-0.4, -0.2) is 21.4 Å². The quantitative estimate of drug-likeness (QED) is 0.698. The van der Waals surface area contributed by atoms with E-state index < -0.39 is 6.10 Å². The normalized spacial score (nSPS) is 17.4. The highest BCUT2D eigenvalue weighted by molar-refractivity contribution is 5.76. The van der Waals surface area contributed by atoms with Crippen molar-refractivity contribution in [2.24, 2.45) is 0 Å². The van der Waals surface area contributed by atoms with Crippen LogP contribution in [0.3, 0.4) is 0 Å². The van der Waals surface area contributed by atoms with Crippen LogP contribution in [0.4, 0.5) is 0 Å². The standard InChI is InChI=1S/C19H18O3/c20-15-5-3-1-2-4-13-6-8-18(21)16(11-13)17-12-14(10-15)7-9-19(17)22/h1-3,5-9,11-12,15,20-22H,4,10H2. The summed E-state index contributed by atoms with van der Waals surface area (Å²) in [4.78, 5) is 0. The van der Waals surface area contributed by atoms with E-state index >= 15 is 0 Å². The van der Waals surface area contributed by atoms with Gasteiger partial charge >= 0.3 is 0 Å². The summed E-state index contributed by atoms with van der Waals surface area (Å²) in [6.07, 6.45) is 8.07. The number of allylic oxidation sites excluding steroid dienone is 3. The van der Waals surface area contributed by atoms with Crippen LogP contribution < -0.4 is 0 Å². The molecule has 0 spiro atoms. The summed E-state index contributed by atoms with van der Waals surface area (Å²) in [5.41, 5.74) is 3.13. The summed E-state index contributed by atoms with van der Waals surface area (Å²) >= 11 is 0. The molecule has 0 aliphatic heterocycles. The molecular formula is C19H18O3. The molecule has 0 aromatic heterocycles. The van der Waals surface area contributed by atoms with Gasteiger partial charge in [0.1, 0.15) is 11.5 Å². The van der Waals surface area contributed by atoms with E-state index in [4.69, 9.17) is 0 Å². The fourth-order valence-electron chi connectivity index (χ4n) is 2.64. The Labute approximate surface area is 129 Å². The van der Waals surface area contributed by atoms with E-state index in [0.717, 1.165) is 11.1 Å². The molecular weight excluding hydrogens is 276 g/mol. The first kappa shape index (κ1) is 14.4. The lowest BCUT2D eigenvalue weighted by Gasteiger charge is -2.12. The van der Waals surface area contributed by atoms with Gasteiger partial charge in [0.25, 0.3) is 0 Å². The molecule has 1 unspecified atom stereocenters. The van der Waals surface area contributed by atoms with Crippen molar-refractivity contribution in [3.63, 3.8) is 0 Å². The van der Waals surface area contributed by atoms with Crippen LogP contribution in [0.15, 0.2) is 60.7 Å². The van der Waals surface area contributed by atoms with Crippen molar-refractivity contribution in [3.05, 3.63) is 71.8 Å². The highest BCUT2D eigenvalue weighted by Gasteiger charge is 2.12. The molecule has 3 rings (SSSR count). The molecule has 22 heavy (non-hydrogen) atoms. The van der Waals surface area contributed by atoms with Crippen LogP contribution in [0.2, 0.25) is 0 Å². The van der Waals surface area contributed by atoms with Gasteiger partial charge in [-0.2, -0.15) is 0 Å². The summed E-state index contributed by atoms with van der Waals surface area (Å²) in [6.45, 7) is 0. The van der Waals surface area contributed by atoms with Crippen LogP contribution in [0.25, 0.3) is 11.1 Å². The number of benzene rings is 2. The molecule has 0 saturated heterocycles. The Kier molecular flexibility index (Phi) is 3.98. The number of aliphatic hydroxyl groups is 1. The molecule has 3 N–H and O–H groups in total. The summed E-state index contributed by atoms with van der Waals surface area (Å²) in [5.74, 6) is 0.250. The SMILES string of the molecule is Oc1ccc2cc1-c1cc(ccc1O)CC(O)C=CC=CC2. The second-order valence-electron chi connectivity index (χ2n) is 5.49. The highest BCUT2D eigenvalue weighted by atomic mass is 16.3. The predicted octanol–water partition coefficient (Wildman–Crippen LogP) is 3.34. The van der Waals surface area contributed by atoms with Crippen molar-refractivity contribution in [2.75, 3.05) is 0 Å². The van der Waals surface area contributed by atoms with Crippen molar-refractivity contribution in [3.8, 4) is 22.6 Å². The number of hydrogen-bond acceptors (Lipinski definition) is 3. The fourth-order valence-corrected chi connectivity index (χ4v) is 2.64. The Balaban J connectivity index is 2.17. The Hall–Kier alpha value is -2.52. The molecule has 1 aliphatic rings. The van der Waals surface area contributed by atoms with Crippen LogP contribution >= 0.6 is 0 Å². The Morgan fingerprint density at radius 2 is 1.45 bits per heavy atom. The number of fused-ring (bicyclic) bond motifs is 5. The van der Waals surface area contributed by atoms with E-state index in [9.17, 15) is 15.3 Å². The molecule has 0 saturated carbocycles. The average Bonchev–Trinajstić information content (AvgIpc) is 2.50. The number of aromatic hydroxyl groups is 2. The second-order valence-corrected chi connectivity index (χ2v) is 5.49. The maximum Gasteiger partial charge on any atom is 0.123 e. The van der Waals surface area contributed by atoms with Gasteiger partial charge in [0.15, 0.2) is 0 Å². The first-order valence-corrected chi connectivity index (χ1v) is 7.29. The zero-order chi connectivity index (χ0) is 15.5. The topological polar surface area (TPSA) is 60.7 Å². The minimum Gasteiger partial charge on any atom is -0.507 e. The summed E-state index contributed by atoms with van der Waals surface area (Å²) < 4.78 is 0. The van der Waals surface area contributed by atoms with E-state index in [2.05, 4.69) is 0 Å². The van der Waals surface area contributed by atoms with Crippen molar-refractivity contribution in [1.82, 2.24) is 0 Å². The number of hydrogen-bond donors (Lipinski definition) is 3. The lowest BCUT2D eigenvalue weighted by Crippen LogP contribution is -2.06. The zero-order valence-electron chi connectivity index (χ0n) is 12.1. The third-order valence-electron chi connectivity index (χ3n) is 3.79. The van der Waals surface area contributed by atoms with Crippen molar-refractivity contribution in [2.45, 2.75) is 18.9 Å². The molecule has 2 aromatic carbocycles. The first-order valence-electron chi connectivity index (χ1n) is 7.29. The van der Waals surface area contributed by atoms with Gasteiger partial charge in [-0.3, -0.25) is 0 Å². The van der Waals surface area contributed by atoms with E-state index in [1.807, 2.05) is 36.4 Å². The number of rotatable bonds is 0. The monoisotopic (exact) mass is 294 g/mol. The molecule has 3 nitrogen and oxygen atoms in total. The van der Waals surface area contributed by atoms with E-state index in [1.165, 1.54) is 0 Å². The van der Waals surface area contributed by atoms with Crippen LogP contribution in [0.5, 0.6) is 11.5 Å². The average molecular weight is 294 g/mol.